The van der Waals surface area contributed by atoms with Gasteiger partial charge in [-0.05, 0) is 69.2 Å². The van der Waals surface area contributed by atoms with Crippen molar-refractivity contribution in [3.05, 3.63) is 69.9 Å². The third kappa shape index (κ3) is 5.75. The summed E-state index contributed by atoms with van der Waals surface area (Å²) in [5.74, 6) is -0.216. The van der Waals surface area contributed by atoms with E-state index in [0.29, 0.717) is 36.6 Å². The van der Waals surface area contributed by atoms with Gasteiger partial charge in [0.15, 0.2) is 0 Å². The van der Waals surface area contributed by atoms with Crippen LogP contribution in [0.25, 0.3) is 5.57 Å². The number of benzene rings is 2. The minimum atomic E-state index is -0.514. The quantitative estimate of drug-likeness (QED) is 0.237. The van der Waals surface area contributed by atoms with E-state index < -0.39 is 16.7 Å². The molecular weight excluding hydrogens is 426 g/mol. The summed E-state index contributed by atoms with van der Waals surface area (Å²) < 4.78 is 11.0. The Bertz CT molecular complexity index is 1040. The van der Waals surface area contributed by atoms with Crippen molar-refractivity contribution in [2.75, 3.05) is 25.1 Å². The van der Waals surface area contributed by atoms with Crippen molar-refractivity contribution in [2.45, 2.75) is 33.3 Å². The molecule has 0 saturated carbocycles. The molecule has 0 atom stereocenters. The van der Waals surface area contributed by atoms with Gasteiger partial charge in [0.05, 0.1) is 16.6 Å². The van der Waals surface area contributed by atoms with Crippen molar-refractivity contribution in [1.29, 1.82) is 0 Å². The highest BCUT2D eigenvalue weighted by atomic mass is 16.6. The summed E-state index contributed by atoms with van der Waals surface area (Å²) in [5.41, 5.74) is 1.24. The maximum atomic E-state index is 13.2. The molecule has 1 heterocycles. The van der Waals surface area contributed by atoms with Crippen LogP contribution < -0.4 is 10.1 Å². The van der Waals surface area contributed by atoms with Gasteiger partial charge in [-0.2, -0.15) is 0 Å². The Morgan fingerprint density at radius 3 is 2.27 bits per heavy atom. The molecule has 2 aromatic carbocycles. The van der Waals surface area contributed by atoms with Crippen molar-refractivity contribution >= 4 is 28.8 Å². The van der Waals surface area contributed by atoms with Crippen LogP contribution in [0, 0.1) is 10.1 Å². The summed E-state index contributed by atoms with van der Waals surface area (Å²) in [6, 6.07) is 12.6. The van der Waals surface area contributed by atoms with Crippen LogP contribution in [0.4, 0.5) is 11.4 Å². The summed E-state index contributed by atoms with van der Waals surface area (Å²) in [7, 11) is 0. The van der Waals surface area contributed by atoms with E-state index in [-0.39, 0.29) is 29.6 Å². The average molecular weight is 453 g/mol. The van der Waals surface area contributed by atoms with Crippen molar-refractivity contribution in [1.82, 2.24) is 4.90 Å². The van der Waals surface area contributed by atoms with Gasteiger partial charge in [0.1, 0.15) is 11.4 Å². The molecule has 0 unspecified atom stereocenters. The van der Waals surface area contributed by atoms with Crippen molar-refractivity contribution in [3.8, 4) is 5.75 Å². The molecule has 1 N–H and O–H groups in total. The Labute approximate surface area is 192 Å². The van der Waals surface area contributed by atoms with E-state index in [0.717, 1.165) is 0 Å². The summed E-state index contributed by atoms with van der Waals surface area (Å²) in [6.07, 6.45) is 0.535. The monoisotopic (exact) mass is 453 g/mol. The lowest BCUT2D eigenvalue weighted by Crippen LogP contribution is -2.34. The van der Waals surface area contributed by atoms with Crippen LogP contribution in [0.3, 0.4) is 0 Å². The molecule has 2 aromatic rings. The number of anilines is 1. The molecule has 1 aliphatic rings. The Hall–Kier alpha value is -3.72. The van der Waals surface area contributed by atoms with Crippen LogP contribution in [0.5, 0.6) is 5.75 Å². The molecule has 0 spiro atoms. The predicted molar refractivity (Wildman–Crippen MR) is 124 cm³/mol. The van der Waals surface area contributed by atoms with Gasteiger partial charge in [-0.15, -0.1) is 0 Å². The number of nitrogens with zero attached hydrogens (tertiary/aromatic N) is 2. The van der Waals surface area contributed by atoms with E-state index in [9.17, 15) is 19.7 Å². The highest BCUT2D eigenvalue weighted by Crippen LogP contribution is 2.32. The molecule has 3 rings (SSSR count). The number of ether oxygens (including phenoxy) is 2. The minimum absolute atomic E-state index is 0.0273. The highest BCUT2D eigenvalue weighted by Gasteiger charge is 2.39. The van der Waals surface area contributed by atoms with E-state index in [1.165, 1.54) is 29.2 Å². The Balaban J connectivity index is 1.91. The van der Waals surface area contributed by atoms with Crippen molar-refractivity contribution in [3.63, 3.8) is 0 Å². The largest absolute Gasteiger partial charge is 0.491 e. The van der Waals surface area contributed by atoms with Gasteiger partial charge in [-0.3, -0.25) is 24.6 Å². The molecule has 0 bridgehead atoms. The molecule has 0 fully saturated rings. The summed E-state index contributed by atoms with van der Waals surface area (Å²) >= 11 is 0. The fraction of sp³-hybridized carbons (Fsp3) is 0.333. The maximum Gasteiger partial charge on any atom is 0.278 e. The van der Waals surface area contributed by atoms with Crippen LogP contribution in [0.2, 0.25) is 0 Å². The van der Waals surface area contributed by atoms with E-state index in [1.54, 1.807) is 24.3 Å². The molecule has 1 aliphatic heterocycles. The van der Waals surface area contributed by atoms with Crippen LogP contribution in [-0.4, -0.2) is 47.5 Å². The Morgan fingerprint density at radius 2 is 1.70 bits per heavy atom. The minimum Gasteiger partial charge on any atom is -0.491 e. The van der Waals surface area contributed by atoms with Crippen LogP contribution in [-0.2, 0) is 14.3 Å². The van der Waals surface area contributed by atoms with E-state index in [1.807, 2.05) is 20.8 Å². The number of hydrogen-bond acceptors (Lipinski definition) is 7. The molecule has 9 heteroatoms. The number of hydrogen-bond donors (Lipinski definition) is 1. The first-order chi connectivity index (χ1) is 15.8. The lowest BCUT2D eigenvalue weighted by atomic mass is 10.0. The molecule has 33 heavy (non-hydrogen) atoms. The van der Waals surface area contributed by atoms with Gasteiger partial charge in [0.2, 0.25) is 0 Å². The van der Waals surface area contributed by atoms with Gasteiger partial charge in [0.25, 0.3) is 17.5 Å². The van der Waals surface area contributed by atoms with E-state index >= 15 is 0 Å². The van der Waals surface area contributed by atoms with Gasteiger partial charge in [0, 0.05) is 37.6 Å². The van der Waals surface area contributed by atoms with Crippen LogP contribution in [0.15, 0.2) is 54.2 Å². The third-order valence-corrected chi connectivity index (χ3v) is 4.90. The topological polar surface area (TPSA) is 111 Å². The van der Waals surface area contributed by atoms with Gasteiger partial charge in [-0.25, -0.2) is 0 Å². The fourth-order valence-corrected chi connectivity index (χ4v) is 3.42. The molecule has 0 aliphatic carbocycles. The number of amides is 2. The molecule has 174 valence electrons. The number of nitrogens with one attached hydrogen (secondary N) is 1. The van der Waals surface area contributed by atoms with E-state index in [4.69, 9.17) is 9.47 Å². The van der Waals surface area contributed by atoms with Crippen LogP contribution >= 0.6 is 0 Å². The number of nitro groups is 1. The number of nitro benzene ring substituents is 1. The second-order valence-corrected chi connectivity index (χ2v) is 7.68. The second-order valence-electron chi connectivity index (χ2n) is 7.68. The Morgan fingerprint density at radius 1 is 1.03 bits per heavy atom. The SMILES string of the molecule is CCOCCCN1C(=O)C(Nc2ccc(OC(C)C)cc2)=C(c2ccc([N+](=O)[O-])cc2)C1=O. The number of imide groups is 1. The number of carbonyl (C=O) groups is 2. The lowest BCUT2D eigenvalue weighted by molar-refractivity contribution is -0.384. The zero-order valence-corrected chi connectivity index (χ0v) is 18.9. The summed E-state index contributed by atoms with van der Waals surface area (Å²) in [4.78, 5) is 38.0. The second kappa shape index (κ2) is 10.7. The van der Waals surface area contributed by atoms with Gasteiger partial charge < -0.3 is 14.8 Å². The number of carbonyl (C=O) groups excluding carboxylic acids is 2. The standard InChI is InChI=1S/C24H27N3O6/c1-4-32-15-5-14-26-23(28)21(17-6-10-19(11-7-17)27(30)31)22(24(26)29)25-18-8-12-20(13-9-18)33-16(2)3/h6-13,16,25H,4-5,14-15H2,1-3H3. The first-order valence-corrected chi connectivity index (χ1v) is 10.8. The normalized spacial score (nSPS) is 13.8. The van der Waals surface area contributed by atoms with Gasteiger partial charge in [-0.1, -0.05) is 0 Å². The zero-order chi connectivity index (χ0) is 24.0. The smallest absolute Gasteiger partial charge is 0.278 e. The third-order valence-electron chi connectivity index (χ3n) is 4.90. The average Bonchev–Trinajstić information content (AvgIpc) is 3.01. The van der Waals surface area contributed by atoms with Gasteiger partial charge >= 0.3 is 0 Å². The van der Waals surface area contributed by atoms with Crippen molar-refractivity contribution in [2.24, 2.45) is 0 Å². The van der Waals surface area contributed by atoms with E-state index in [2.05, 4.69) is 5.32 Å². The first kappa shape index (κ1) is 23.9. The summed E-state index contributed by atoms with van der Waals surface area (Å²) in [5, 5.41) is 14.1. The molecule has 0 aromatic heterocycles. The molecule has 0 radical (unpaired) electrons. The Kier molecular flexibility index (Phi) is 7.78. The molecule has 0 saturated heterocycles. The first-order valence-electron chi connectivity index (χ1n) is 10.8. The predicted octanol–water partition coefficient (Wildman–Crippen LogP) is 4.00. The fourth-order valence-electron chi connectivity index (χ4n) is 3.42. The number of rotatable bonds is 11. The molecule has 9 nitrogen and oxygen atoms in total. The highest BCUT2D eigenvalue weighted by molar-refractivity contribution is 6.36. The van der Waals surface area contributed by atoms with Crippen molar-refractivity contribution < 1.29 is 24.0 Å². The zero-order valence-electron chi connectivity index (χ0n) is 18.9. The van der Waals surface area contributed by atoms with Crippen LogP contribution in [0.1, 0.15) is 32.8 Å². The molecule has 2 amide bonds. The number of non-ortho nitro benzene ring substituents is 1. The maximum absolute atomic E-state index is 13.2. The molecular formula is C24H27N3O6. The summed E-state index contributed by atoms with van der Waals surface area (Å²) in [6.45, 7) is 6.92. The lowest BCUT2D eigenvalue weighted by Gasteiger charge is -2.15.